The molecule has 144 valence electrons. The van der Waals surface area contributed by atoms with Gasteiger partial charge in [-0.2, -0.15) is 0 Å². The summed E-state index contributed by atoms with van der Waals surface area (Å²) in [7, 11) is 1.63. The molecule has 0 aromatic heterocycles. The zero-order chi connectivity index (χ0) is 19.1. The third-order valence-corrected chi connectivity index (χ3v) is 5.35. The fraction of sp³-hybridized carbons (Fsp3) is 0.435. The number of benzene rings is 2. The summed E-state index contributed by atoms with van der Waals surface area (Å²) in [6.45, 7) is 4.91. The summed E-state index contributed by atoms with van der Waals surface area (Å²) < 4.78 is 5.17. The van der Waals surface area contributed by atoms with E-state index in [0.29, 0.717) is 12.1 Å². The monoisotopic (exact) mass is 366 g/mol. The lowest BCUT2D eigenvalue weighted by Crippen LogP contribution is -2.38. The van der Waals surface area contributed by atoms with Crippen LogP contribution in [0.25, 0.3) is 0 Å². The summed E-state index contributed by atoms with van der Waals surface area (Å²) >= 11 is 0. The van der Waals surface area contributed by atoms with Crippen LogP contribution in [0.4, 0.5) is 0 Å². The van der Waals surface area contributed by atoms with Gasteiger partial charge in [0.25, 0.3) is 5.91 Å². The Morgan fingerprint density at radius 1 is 1.00 bits per heavy atom. The largest absolute Gasteiger partial charge is 0.497 e. The first-order valence-corrected chi connectivity index (χ1v) is 9.90. The second kappa shape index (κ2) is 9.56. The molecular formula is C23H30N2O2. The maximum Gasteiger partial charge on any atom is 0.251 e. The molecule has 2 aromatic rings. The van der Waals surface area contributed by atoms with E-state index < -0.39 is 0 Å². The highest BCUT2D eigenvalue weighted by molar-refractivity contribution is 5.94. The molecule has 4 nitrogen and oxygen atoms in total. The Morgan fingerprint density at radius 3 is 2.22 bits per heavy atom. The van der Waals surface area contributed by atoms with Crippen molar-refractivity contribution in [2.24, 2.45) is 0 Å². The standard InChI is InChI=1S/C23H30N2O2/c1-18-7-9-19(10-8-18)22(25-15-5-3-4-6-16-25)17-24-23(26)20-11-13-21(27-2)14-12-20/h7-14,22H,3-6,15-17H2,1-2H3,(H,24,26)/t22-/m1/s1. The summed E-state index contributed by atoms with van der Waals surface area (Å²) in [5, 5.41) is 3.15. The summed E-state index contributed by atoms with van der Waals surface area (Å²) in [6, 6.07) is 16.2. The predicted octanol–water partition coefficient (Wildman–Crippen LogP) is 4.35. The van der Waals surface area contributed by atoms with Gasteiger partial charge in [-0.1, -0.05) is 42.7 Å². The van der Waals surface area contributed by atoms with Crippen molar-refractivity contribution in [2.75, 3.05) is 26.7 Å². The Morgan fingerprint density at radius 2 is 1.63 bits per heavy atom. The molecule has 0 aliphatic carbocycles. The van der Waals surface area contributed by atoms with Crippen molar-refractivity contribution < 1.29 is 9.53 Å². The average Bonchev–Trinajstić information content (AvgIpc) is 2.99. The normalized spacial score (nSPS) is 16.4. The molecule has 1 saturated heterocycles. The minimum Gasteiger partial charge on any atom is -0.497 e. The van der Waals surface area contributed by atoms with Gasteiger partial charge in [-0.3, -0.25) is 9.69 Å². The van der Waals surface area contributed by atoms with E-state index in [1.807, 2.05) is 12.1 Å². The van der Waals surface area contributed by atoms with Gasteiger partial charge in [0, 0.05) is 12.1 Å². The second-order valence-electron chi connectivity index (χ2n) is 7.32. The van der Waals surface area contributed by atoms with Gasteiger partial charge in [0.1, 0.15) is 5.75 Å². The number of ether oxygens (including phenoxy) is 1. The molecule has 0 bridgehead atoms. The number of carbonyl (C=O) groups is 1. The van der Waals surface area contributed by atoms with Crippen molar-refractivity contribution >= 4 is 5.91 Å². The molecular weight excluding hydrogens is 336 g/mol. The average molecular weight is 367 g/mol. The molecule has 1 amide bonds. The maximum atomic E-state index is 12.6. The number of carbonyl (C=O) groups excluding carboxylic acids is 1. The summed E-state index contributed by atoms with van der Waals surface area (Å²) in [5.41, 5.74) is 3.20. The summed E-state index contributed by atoms with van der Waals surface area (Å²) in [6.07, 6.45) is 5.06. The molecule has 3 rings (SSSR count). The van der Waals surface area contributed by atoms with Crippen molar-refractivity contribution in [3.8, 4) is 5.75 Å². The van der Waals surface area contributed by atoms with Gasteiger partial charge < -0.3 is 10.1 Å². The number of amides is 1. The van der Waals surface area contributed by atoms with E-state index in [-0.39, 0.29) is 11.9 Å². The number of likely N-dealkylation sites (tertiary alicyclic amines) is 1. The first-order valence-electron chi connectivity index (χ1n) is 9.90. The fourth-order valence-corrected chi connectivity index (χ4v) is 3.69. The molecule has 1 heterocycles. The van der Waals surface area contributed by atoms with Crippen LogP contribution in [0.2, 0.25) is 0 Å². The molecule has 1 aliphatic rings. The molecule has 0 spiro atoms. The summed E-state index contributed by atoms with van der Waals surface area (Å²) in [5.74, 6) is 0.721. The van der Waals surface area contributed by atoms with Gasteiger partial charge in [0.2, 0.25) is 0 Å². The molecule has 27 heavy (non-hydrogen) atoms. The zero-order valence-corrected chi connectivity index (χ0v) is 16.4. The highest BCUT2D eigenvalue weighted by Crippen LogP contribution is 2.24. The third-order valence-electron chi connectivity index (χ3n) is 5.35. The maximum absolute atomic E-state index is 12.6. The van der Waals surface area contributed by atoms with Crippen molar-refractivity contribution in [3.05, 3.63) is 65.2 Å². The number of rotatable bonds is 6. The molecule has 1 atom stereocenters. The highest BCUT2D eigenvalue weighted by atomic mass is 16.5. The molecule has 1 N–H and O–H groups in total. The number of nitrogens with zero attached hydrogens (tertiary/aromatic N) is 1. The minimum atomic E-state index is -0.0374. The molecule has 1 fully saturated rings. The zero-order valence-electron chi connectivity index (χ0n) is 16.4. The van der Waals surface area contributed by atoms with E-state index in [4.69, 9.17) is 4.74 Å². The van der Waals surface area contributed by atoms with E-state index in [9.17, 15) is 4.79 Å². The van der Waals surface area contributed by atoms with Gasteiger partial charge in [0.15, 0.2) is 0 Å². The van der Waals surface area contributed by atoms with Crippen LogP contribution in [-0.4, -0.2) is 37.6 Å². The topological polar surface area (TPSA) is 41.6 Å². The molecule has 1 aliphatic heterocycles. The first kappa shape index (κ1) is 19.4. The van der Waals surface area contributed by atoms with E-state index in [1.165, 1.54) is 36.8 Å². The van der Waals surface area contributed by atoms with Crippen molar-refractivity contribution in [3.63, 3.8) is 0 Å². The van der Waals surface area contributed by atoms with Crippen LogP contribution in [0.15, 0.2) is 48.5 Å². The SMILES string of the molecule is COc1ccc(C(=O)NC[C@H](c2ccc(C)cc2)N2CCCCCC2)cc1. The third kappa shape index (κ3) is 5.33. The minimum absolute atomic E-state index is 0.0374. The molecule has 0 radical (unpaired) electrons. The van der Waals surface area contributed by atoms with Gasteiger partial charge in [-0.15, -0.1) is 0 Å². The van der Waals surface area contributed by atoms with Gasteiger partial charge in [0.05, 0.1) is 13.2 Å². The van der Waals surface area contributed by atoms with Crippen LogP contribution in [0, 0.1) is 6.92 Å². The highest BCUT2D eigenvalue weighted by Gasteiger charge is 2.22. The van der Waals surface area contributed by atoms with Crippen LogP contribution in [-0.2, 0) is 0 Å². The number of methoxy groups -OCH3 is 1. The predicted molar refractivity (Wildman–Crippen MR) is 109 cm³/mol. The van der Waals surface area contributed by atoms with Crippen LogP contribution in [0.3, 0.4) is 0 Å². The number of hydrogen-bond donors (Lipinski definition) is 1. The lowest BCUT2D eigenvalue weighted by Gasteiger charge is -2.31. The number of nitrogens with one attached hydrogen (secondary N) is 1. The van der Waals surface area contributed by atoms with Gasteiger partial charge in [-0.25, -0.2) is 0 Å². The van der Waals surface area contributed by atoms with Crippen LogP contribution < -0.4 is 10.1 Å². The first-order chi connectivity index (χ1) is 13.2. The lowest BCUT2D eigenvalue weighted by molar-refractivity contribution is 0.0933. The van der Waals surface area contributed by atoms with E-state index in [2.05, 4.69) is 41.4 Å². The molecule has 4 heteroatoms. The number of aryl methyl sites for hydroxylation is 1. The Hall–Kier alpha value is -2.33. The number of hydrogen-bond acceptors (Lipinski definition) is 3. The fourth-order valence-electron chi connectivity index (χ4n) is 3.69. The molecule has 0 saturated carbocycles. The van der Waals surface area contributed by atoms with Crippen molar-refractivity contribution in [1.82, 2.24) is 10.2 Å². The van der Waals surface area contributed by atoms with Crippen LogP contribution in [0.5, 0.6) is 5.75 Å². The van der Waals surface area contributed by atoms with E-state index in [0.717, 1.165) is 18.8 Å². The van der Waals surface area contributed by atoms with Crippen molar-refractivity contribution in [1.29, 1.82) is 0 Å². The van der Waals surface area contributed by atoms with Crippen molar-refractivity contribution in [2.45, 2.75) is 38.6 Å². The van der Waals surface area contributed by atoms with Crippen LogP contribution in [0.1, 0.15) is 53.2 Å². The Kier molecular flexibility index (Phi) is 6.88. The molecule has 2 aromatic carbocycles. The Labute approximate surface area is 162 Å². The van der Waals surface area contributed by atoms with Gasteiger partial charge in [-0.05, 0) is 62.7 Å². The summed E-state index contributed by atoms with van der Waals surface area (Å²) in [4.78, 5) is 15.1. The van der Waals surface area contributed by atoms with E-state index >= 15 is 0 Å². The second-order valence-corrected chi connectivity index (χ2v) is 7.32. The van der Waals surface area contributed by atoms with E-state index in [1.54, 1.807) is 19.2 Å². The quantitative estimate of drug-likeness (QED) is 0.826. The Balaban J connectivity index is 1.71. The Bertz CT molecular complexity index is 717. The molecule has 0 unspecified atom stereocenters. The lowest BCUT2D eigenvalue weighted by atomic mass is 10.0. The van der Waals surface area contributed by atoms with Gasteiger partial charge >= 0.3 is 0 Å². The van der Waals surface area contributed by atoms with Crippen LogP contribution >= 0.6 is 0 Å². The smallest absolute Gasteiger partial charge is 0.251 e.